The molecule has 2 aromatic carbocycles. The second-order valence-electron chi connectivity index (χ2n) is 6.89. The van der Waals surface area contributed by atoms with Crippen molar-refractivity contribution in [3.8, 4) is 5.75 Å². The number of ether oxygens (including phenoxy) is 1. The highest BCUT2D eigenvalue weighted by Crippen LogP contribution is 2.25. The normalized spacial score (nSPS) is 11.8. The van der Waals surface area contributed by atoms with Crippen LogP contribution in [0.3, 0.4) is 0 Å². The highest BCUT2D eigenvalue weighted by Gasteiger charge is 2.33. The van der Waals surface area contributed by atoms with E-state index in [2.05, 4.69) is 0 Å². The number of amides is 1. The topological polar surface area (TPSA) is 66.9 Å². The number of hydrogen-bond donors (Lipinski definition) is 0. The molecule has 0 atom stereocenters. The summed E-state index contributed by atoms with van der Waals surface area (Å²) in [5.74, 6) is -0.311. The first-order valence-corrected chi connectivity index (χ1v) is 11.0. The number of carbonyl (C=O) groups excluding carboxylic acids is 1. The highest BCUT2D eigenvalue weighted by molar-refractivity contribution is 7.92. The Labute approximate surface area is 180 Å². The summed E-state index contributed by atoms with van der Waals surface area (Å²) in [5.41, 5.74) is 0.240. The van der Waals surface area contributed by atoms with Gasteiger partial charge in [-0.15, -0.1) is 0 Å². The van der Waals surface area contributed by atoms with Gasteiger partial charge in [0.05, 0.1) is 17.7 Å². The number of anilines is 1. The van der Waals surface area contributed by atoms with Crippen molar-refractivity contribution >= 4 is 21.6 Å². The summed E-state index contributed by atoms with van der Waals surface area (Å²) in [6.07, 6.45) is -3.54. The van der Waals surface area contributed by atoms with Crippen LogP contribution in [-0.2, 0) is 10.0 Å². The fourth-order valence-corrected chi connectivity index (χ4v) is 4.12. The molecular formula is C21H25F3N2O4S. The average molecular weight is 459 g/mol. The predicted molar refractivity (Wildman–Crippen MR) is 112 cm³/mol. The van der Waals surface area contributed by atoms with Gasteiger partial charge in [-0.1, -0.05) is 19.4 Å². The molecule has 170 valence electrons. The molecular weight excluding hydrogens is 433 g/mol. The van der Waals surface area contributed by atoms with Gasteiger partial charge in [0.15, 0.2) is 0 Å². The average Bonchev–Trinajstić information content (AvgIpc) is 2.75. The Bertz CT molecular complexity index is 992. The molecule has 0 unspecified atom stereocenters. The lowest BCUT2D eigenvalue weighted by atomic mass is 10.2. The number of hydrogen-bond acceptors (Lipinski definition) is 4. The Morgan fingerprint density at radius 1 is 1.10 bits per heavy atom. The lowest BCUT2D eigenvalue weighted by Gasteiger charge is -2.24. The summed E-state index contributed by atoms with van der Waals surface area (Å²) < 4.78 is 70.9. The Morgan fingerprint density at radius 2 is 1.74 bits per heavy atom. The van der Waals surface area contributed by atoms with Gasteiger partial charge in [0, 0.05) is 19.2 Å². The van der Waals surface area contributed by atoms with Gasteiger partial charge in [0.1, 0.15) is 12.3 Å². The summed E-state index contributed by atoms with van der Waals surface area (Å²) in [7, 11) is -1.21. The summed E-state index contributed by atoms with van der Waals surface area (Å²) in [4.78, 5) is 13.2. The third-order valence-corrected chi connectivity index (χ3v) is 6.40. The molecule has 10 heteroatoms. The standard InChI is InChI=1S/C21H25F3N2O4S/c1-4-5-13-26(15-21(22,23)24)20(27)16-7-6-8-19(14-16)31(28,29)25(2)17-9-11-18(30-3)12-10-17/h6-12,14H,4-5,13,15H2,1-3H3. The van der Waals surface area contributed by atoms with Crippen LogP contribution in [-0.4, -0.2) is 52.6 Å². The molecule has 0 aliphatic carbocycles. The number of methoxy groups -OCH3 is 1. The summed E-state index contributed by atoms with van der Waals surface area (Å²) in [5, 5.41) is 0. The van der Waals surface area contributed by atoms with Crippen molar-refractivity contribution in [2.75, 3.05) is 31.6 Å². The van der Waals surface area contributed by atoms with Gasteiger partial charge in [-0.3, -0.25) is 9.10 Å². The zero-order valence-corrected chi connectivity index (χ0v) is 18.3. The second kappa shape index (κ2) is 10.0. The third-order valence-electron chi connectivity index (χ3n) is 4.61. The maximum atomic E-state index is 13.0. The van der Waals surface area contributed by atoms with Crippen LogP contribution in [0.4, 0.5) is 18.9 Å². The molecule has 0 saturated carbocycles. The third kappa shape index (κ3) is 6.36. The number of halogens is 3. The summed E-state index contributed by atoms with van der Waals surface area (Å²) in [6.45, 7) is 0.338. The largest absolute Gasteiger partial charge is 0.497 e. The predicted octanol–water partition coefficient (Wildman–Crippen LogP) is 4.32. The molecule has 0 aromatic heterocycles. The first-order valence-electron chi connectivity index (χ1n) is 9.58. The molecule has 0 N–H and O–H groups in total. The van der Waals surface area contributed by atoms with Crippen LogP contribution in [0.1, 0.15) is 30.1 Å². The van der Waals surface area contributed by atoms with Crippen molar-refractivity contribution in [3.63, 3.8) is 0 Å². The highest BCUT2D eigenvalue weighted by atomic mass is 32.2. The smallest absolute Gasteiger partial charge is 0.406 e. The first kappa shape index (κ1) is 24.5. The number of carbonyl (C=O) groups is 1. The van der Waals surface area contributed by atoms with E-state index in [1.54, 1.807) is 31.2 Å². The minimum atomic E-state index is -4.55. The van der Waals surface area contributed by atoms with Gasteiger partial charge >= 0.3 is 6.18 Å². The fourth-order valence-electron chi connectivity index (χ4n) is 2.88. The van der Waals surface area contributed by atoms with Crippen LogP contribution >= 0.6 is 0 Å². The van der Waals surface area contributed by atoms with E-state index in [1.165, 1.54) is 32.4 Å². The summed E-state index contributed by atoms with van der Waals surface area (Å²) in [6, 6.07) is 11.4. The number of sulfonamides is 1. The lowest BCUT2D eigenvalue weighted by molar-refractivity contribution is -0.140. The molecule has 0 fully saturated rings. The molecule has 0 aliphatic rings. The van der Waals surface area contributed by atoms with Crippen molar-refractivity contribution in [1.82, 2.24) is 4.90 Å². The number of unbranched alkanes of at least 4 members (excludes halogenated alkanes) is 1. The molecule has 0 heterocycles. The van der Waals surface area contributed by atoms with Crippen LogP contribution in [0.15, 0.2) is 53.4 Å². The van der Waals surface area contributed by atoms with Crippen molar-refractivity contribution < 1.29 is 31.1 Å². The van der Waals surface area contributed by atoms with Gasteiger partial charge in [-0.2, -0.15) is 13.2 Å². The fraction of sp³-hybridized carbons (Fsp3) is 0.381. The first-order chi connectivity index (χ1) is 14.5. The van der Waals surface area contributed by atoms with Gasteiger partial charge in [0.25, 0.3) is 15.9 Å². The Morgan fingerprint density at radius 3 is 2.29 bits per heavy atom. The van der Waals surface area contributed by atoms with Gasteiger partial charge in [0.2, 0.25) is 0 Å². The SMILES string of the molecule is CCCCN(CC(F)(F)F)C(=O)c1cccc(S(=O)(=O)N(C)c2ccc(OC)cc2)c1. The van der Waals surface area contributed by atoms with Gasteiger partial charge in [-0.25, -0.2) is 8.42 Å². The molecule has 6 nitrogen and oxygen atoms in total. The van der Waals surface area contributed by atoms with E-state index in [4.69, 9.17) is 4.74 Å². The van der Waals surface area contributed by atoms with Gasteiger partial charge in [-0.05, 0) is 48.9 Å². The zero-order chi connectivity index (χ0) is 23.2. The van der Waals surface area contributed by atoms with Gasteiger partial charge < -0.3 is 9.64 Å². The molecule has 0 aliphatic heterocycles. The van der Waals surface area contributed by atoms with E-state index in [9.17, 15) is 26.4 Å². The van der Waals surface area contributed by atoms with E-state index < -0.39 is 28.7 Å². The number of alkyl halides is 3. The minimum absolute atomic E-state index is 0.0719. The second-order valence-corrected chi connectivity index (χ2v) is 8.86. The molecule has 31 heavy (non-hydrogen) atoms. The molecule has 0 spiro atoms. The van der Waals surface area contributed by atoms with E-state index >= 15 is 0 Å². The van der Waals surface area contributed by atoms with E-state index in [0.717, 1.165) is 10.4 Å². The monoisotopic (exact) mass is 458 g/mol. The van der Waals surface area contributed by atoms with Crippen molar-refractivity contribution in [2.45, 2.75) is 30.8 Å². The maximum absolute atomic E-state index is 13.0. The van der Waals surface area contributed by atoms with Crippen LogP contribution in [0.5, 0.6) is 5.75 Å². The minimum Gasteiger partial charge on any atom is -0.497 e. The molecule has 1 amide bonds. The van der Waals surface area contributed by atoms with Crippen LogP contribution in [0.2, 0.25) is 0 Å². The quantitative estimate of drug-likeness (QED) is 0.561. The molecule has 2 rings (SSSR count). The maximum Gasteiger partial charge on any atom is 0.406 e. The lowest BCUT2D eigenvalue weighted by Crippen LogP contribution is -2.39. The Kier molecular flexibility index (Phi) is 7.94. The summed E-state index contributed by atoms with van der Waals surface area (Å²) >= 11 is 0. The van der Waals surface area contributed by atoms with Crippen LogP contribution in [0.25, 0.3) is 0 Å². The van der Waals surface area contributed by atoms with E-state index in [1.807, 2.05) is 0 Å². The number of nitrogens with zero attached hydrogens (tertiary/aromatic N) is 2. The molecule has 0 bridgehead atoms. The van der Waals surface area contributed by atoms with Crippen molar-refractivity contribution in [2.24, 2.45) is 0 Å². The van der Waals surface area contributed by atoms with Crippen molar-refractivity contribution in [1.29, 1.82) is 0 Å². The van der Waals surface area contributed by atoms with Crippen LogP contribution in [0, 0.1) is 0 Å². The Hall–Kier alpha value is -2.75. The zero-order valence-electron chi connectivity index (χ0n) is 17.5. The van der Waals surface area contributed by atoms with E-state index in [-0.39, 0.29) is 17.0 Å². The molecule has 2 aromatic rings. The van der Waals surface area contributed by atoms with E-state index in [0.29, 0.717) is 29.2 Å². The number of benzene rings is 2. The van der Waals surface area contributed by atoms with Crippen LogP contribution < -0.4 is 9.04 Å². The molecule has 0 radical (unpaired) electrons. The molecule has 0 saturated heterocycles. The number of rotatable bonds is 9. The Balaban J connectivity index is 2.34. The van der Waals surface area contributed by atoms with Crippen molar-refractivity contribution in [3.05, 3.63) is 54.1 Å².